The summed E-state index contributed by atoms with van der Waals surface area (Å²) in [6.07, 6.45) is 0. The summed E-state index contributed by atoms with van der Waals surface area (Å²) in [7, 11) is 0. The van der Waals surface area contributed by atoms with E-state index in [0.717, 1.165) is 0 Å². The van der Waals surface area contributed by atoms with Gasteiger partial charge in [0.1, 0.15) is 11.6 Å². The third-order valence-corrected chi connectivity index (χ3v) is 3.73. The van der Waals surface area contributed by atoms with Crippen molar-refractivity contribution < 1.29 is 19.4 Å². The molecule has 0 saturated heterocycles. The van der Waals surface area contributed by atoms with E-state index in [1.54, 1.807) is 18.2 Å². The first-order valence-electron chi connectivity index (χ1n) is 6.41. The monoisotopic (exact) mass is 316 g/mol. The molecule has 0 aliphatic heterocycles. The summed E-state index contributed by atoms with van der Waals surface area (Å²) < 4.78 is 14.2. The molecule has 3 aromatic carbocycles. The number of hydrogen-bond donors (Lipinski definition) is 2. The Kier molecular flexibility index (Phi) is 3.47. The largest absolute Gasteiger partial charge is 0.508 e. The summed E-state index contributed by atoms with van der Waals surface area (Å²) in [4.78, 5) is 10.9. The van der Waals surface area contributed by atoms with Crippen molar-refractivity contribution in [2.45, 2.75) is 0 Å². The number of fused-ring (bicyclic) bond motifs is 1. The smallest absolute Gasteiger partial charge is 0.335 e. The molecule has 0 aliphatic carbocycles. The van der Waals surface area contributed by atoms with E-state index in [9.17, 15) is 14.3 Å². The number of halogens is 2. The molecule has 0 unspecified atom stereocenters. The third-order valence-electron chi connectivity index (χ3n) is 3.41. The minimum atomic E-state index is -1.08. The molecule has 0 amide bonds. The average molecular weight is 317 g/mol. The summed E-state index contributed by atoms with van der Waals surface area (Å²) in [5.74, 6) is -1.57. The van der Waals surface area contributed by atoms with Gasteiger partial charge in [0.15, 0.2) is 0 Å². The summed E-state index contributed by atoms with van der Waals surface area (Å²) in [6.45, 7) is 0. The maximum atomic E-state index is 14.2. The highest BCUT2D eigenvalue weighted by Gasteiger charge is 2.11. The molecule has 3 aromatic rings. The molecule has 5 heteroatoms. The predicted octanol–water partition coefficient (Wildman–Crippen LogP) is 4.70. The fraction of sp³-hybridized carbons (Fsp3) is 0. The molecule has 22 heavy (non-hydrogen) atoms. The molecule has 0 heterocycles. The van der Waals surface area contributed by atoms with Crippen LogP contribution >= 0.6 is 11.6 Å². The normalized spacial score (nSPS) is 10.8. The number of hydrogen-bond acceptors (Lipinski definition) is 2. The molecule has 0 aliphatic rings. The van der Waals surface area contributed by atoms with Gasteiger partial charge in [-0.05, 0) is 47.3 Å². The lowest BCUT2D eigenvalue weighted by Crippen LogP contribution is -1.96. The van der Waals surface area contributed by atoms with Gasteiger partial charge >= 0.3 is 5.97 Å². The Labute approximate surface area is 130 Å². The van der Waals surface area contributed by atoms with Crippen molar-refractivity contribution in [3.63, 3.8) is 0 Å². The Hall–Kier alpha value is -2.59. The molecule has 0 spiro atoms. The van der Waals surface area contributed by atoms with Crippen LogP contribution in [-0.4, -0.2) is 16.2 Å². The highest BCUT2D eigenvalue weighted by Crippen LogP contribution is 2.33. The van der Waals surface area contributed by atoms with E-state index in [-0.39, 0.29) is 16.3 Å². The highest BCUT2D eigenvalue weighted by atomic mass is 35.5. The zero-order valence-corrected chi connectivity index (χ0v) is 11.9. The number of rotatable bonds is 2. The van der Waals surface area contributed by atoms with Crippen molar-refractivity contribution in [1.29, 1.82) is 0 Å². The molecule has 0 atom stereocenters. The fourth-order valence-electron chi connectivity index (χ4n) is 2.34. The van der Waals surface area contributed by atoms with E-state index in [1.807, 2.05) is 0 Å². The average Bonchev–Trinajstić information content (AvgIpc) is 2.47. The Morgan fingerprint density at radius 3 is 2.50 bits per heavy atom. The second kappa shape index (κ2) is 5.31. The lowest BCUT2D eigenvalue weighted by atomic mass is 9.99. The van der Waals surface area contributed by atoms with Crippen molar-refractivity contribution in [3.8, 4) is 16.9 Å². The number of benzene rings is 3. The quantitative estimate of drug-likeness (QED) is 0.720. The van der Waals surface area contributed by atoms with Crippen LogP contribution in [0.2, 0.25) is 5.02 Å². The fourth-order valence-corrected chi connectivity index (χ4v) is 2.63. The van der Waals surface area contributed by atoms with E-state index in [2.05, 4.69) is 0 Å². The second-order valence-electron chi connectivity index (χ2n) is 4.86. The maximum Gasteiger partial charge on any atom is 0.335 e. The Balaban J connectivity index is 2.18. The molecular formula is C17H10ClFO3. The van der Waals surface area contributed by atoms with Crippen LogP contribution in [-0.2, 0) is 0 Å². The first-order chi connectivity index (χ1) is 10.5. The van der Waals surface area contributed by atoms with E-state index in [4.69, 9.17) is 16.7 Å². The Bertz CT molecular complexity index is 906. The second-order valence-corrected chi connectivity index (χ2v) is 5.27. The van der Waals surface area contributed by atoms with Gasteiger partial charge < -0.3 is 10.2 Å². The van der Waals surface area contributed by atoms with E-state index in [0.29, 0.717) is 21.9 Å². The zero-order valence-electron chi connectivity index (χ0n) is 11.2. The van der Waals surface area contributed by atoms with E-state index < -0.39 is 11.8 Å². The van der Waals surface area contributed by atoms with Crippen LogP contribution in [0.5, 0.6) is 5.75 Å². The van der Waals surface area contributed by atoms with Crippen molar-refractivity contribution in [2.24, 2.45) is 0 Å². The number of carbonyl (C=O) groups is 1. The number of carboxylic acid groups (broad SMARTS) is 1. The molecule has 3 rings (SSSR count). The molecule has 0 bridgehead atoms. The van der Waals surface area contributed by atoms with Gasteiger partial charge in [0.05, 0.1) is 5.56 Å². The SMILES string of the molecule is O=C(O)c1ccc(-c2cc(F)c3cc(O)ccc3c2)c(Cl)c1. The van der Waals surface area contributed by atoms with Crippen molar-refractivity contribution >= 4 is 28.3 Å². The van der Waals surface area contributed by atoms with E-state index in [1.165, 1.54) is 30.3 Å². The standard InChI is InChI=1S/C17H10ClFO3/c18-15-6-10(17(21)22)2-4-13(15)11-5-9-1-3-12(20)8-14(9)16(19)7-11/h1-8,20H,(H,21,22). The number of carboxylic acids is 1. The van der Waals surface area contributed by atoms with Crippen molar-refractivity contribution in [2.75, 3.05) is 0 Å². The third kappa shape index (κ3) is 2.49. The van der Waals surface area contributed by atoms with Crippen molar-refractivity contribution in [3.05, 3.63) is 64.9 Å². The summed E-state index contributed by atoms with van der Waals surface area (Å²) >= 11 is 6.11. The van der Waals surface area contributed by atoms with Gasteiger partial charge in [-0.2, -0.15) is 0 Å². The number of phenols is 1. The number of phenolic OH excluding ortho intramolecular Hbond substituents is 1. The van der Waals surface area contributed by atoms with Crippen LogP contribution in [0.25, 0.3) is 21.9 Å². The Morgan fingerprint density at radius 2 is 1.82 bits per heavy atom. The lowest BCUT2D eigenvalue weighted by molar-refractivity contribution is 0.0697. The molecular weight excluding hydrogens is 307 g/mol. The van der Waals surface area contributed by atoms with Crippen LogP contribution in [0.4, 0.5) is 4.39 Å². The highest BCUT2D eigenvalue weighted by molar-refractivity contribution is 6.33. The van der Waals surface area contributed by atoms with Gasteiger partial charge in [0.2, 0.25) is 0 Å². The molecule has 110 valence electrons. The van der Waals surface area contributed by atoms with Gasteiger partial charge in [0, 0.05) is 16.0 Å². The van der Waals surface area contributed by atoms with Crippen LogP contribution in [0.3, 0.4) is 0 Å². The molecule has 0 fully saturated rings. The minimum absolute atomic E-state index is 0.0111. The topological polar surface area (TPSA) is 57.5 Å². The van der Waals surface area contributed by atoms with Gasteiger partial charge in [-0.3, -0.25) is 0 Å². The predicted molar refractivity (Wildman–Crippen MR) is 83.0 cm³/mol. The zero-order chi connectivity index (χ0) is 15.9. The van der Waals surface area contributed by atoms with Crippen LogP contribution in [0.1, 0.15) is 10.4 Å². The molecule has 0 saturated carbocycles. The van der Waals surface area contributed by atoms with E-state index >= 15 is 0 Å². The molecule has 3 nitrogen and oxygen atoms in total. The van der Waals surface area contributed by atoms with Crippen LogP contribution in [0.15, 0.2) is 48.5 Å². The van der Waals surface area contributed by atoms with Gasteiger partial charge in [-0.15, -0.1) is 0 Å². The van der Waals surface area contributed by atoms with Crippen molar-refractivity contribution in [1.82, 2.24) is 0 Å². The minimum Gasteiger partial charge on any atom is -0.508 e. The molecule has 0 radical (unpaired) electrons. The van der Waals surface area contributed by atoms with Crippen LogP contribution in [0, 0.1) is 5.82 Å². The summed E-state index contributed by atoms with van der Waals surface area (Å²) in [6, 6.07) is 11.8. The summed E-state index contributed by atoms with van der Waals surface area (Å²) in [5.41, 5.74) is 1.15. The maximum absolute atomic E-state index is 14.2. The molecule has 2 N–H and O–H groups in total. The molecule has 0 aromatic heterocycles. The van der Waals surface area contributed by atoms with Crippen LogP contribution < -0.4 is 0 Å². The Morgan fingerprint density at radius 1 is 1.05 bits per heavy atom. The number of aromatic carboxylic acids is 1. The van der Waals surface area contributed by atoms with Gasteiger partial charge in [0.25, 0.3) is 0 Å². The lowest BCUT2D eigenvalue weighted by Gasteiger charge is -2.09. The first kappa shape index (κ1) is 14.4. The first-order valence-corrected chi connectivity index (χ1v) is 6.79. The summed E-state index contributed by atoms with van der Waals surface area (Å²) in [5, 5.41) is 19.5. The van der Waals surface area contributed by atoms with Gasteiger partial charge in [-0.1, -0.05) is 23.7 Å². The van der Waals surface area contributed by atoms with Gasteiger partial charge in [-0.25, -0.2) is 9.18 Å². The number of aromatic hydroxyl groups is 1.